The Balaban J connectivity index is 0.0000115. The zero-order valence-electron chi connectivity index (χ0n) is 28.4. The van der Waals surface area contributed by atoms with Crippen LogP contribution in [0.25, 0.3) is 0 Å². The number of allylic oxidation sites excluding steroid dienone is 4. The topological polar surface area (TPSA) is 198 Å². The number of Topliss-reactive ketones (excluding diaryl/α,β-unsaturated/α-hetero) is 1. The fraction of sp³-hybridized carbons (Fsp3) is 0.500. The Bertz CT molecular complexity index is 1370. The van der Waals surface area contributed by atoms with Gasteiger partial charge in [0, 0.05) is 50.4 Å². The maximum atomic E-state index is 13.7. The Morgan fingerprint density at radius 1 is 1.12 bits per heavy atom. The molecule has 0 spiro atoms. The number of ketones is 2. The number of methoxy groups -OCH3 is 2. The van der Waals surface area contributed by atoms with Crippen molar-refractivity contribution < 1.29 is 42.9 Å². The first-order chi connectivity index (χ1) is 22.3. The highest BCUT2D eigenvalue weighted by Crippen LogP contribution is 2.30. The van der Waals surface area contributed by atoms with Gasteiger partial charge in [-0.1, -0.05) is 44.2 Å². The van der Waals surface area contributed by atoms with Crippen molar-refractivity contribution in [3.05, 3.63) is 71.1 Å². The number of nitrogens with one attached hydrogen (secondary N) is 2. The van der Waals surface area contributed by atoms with E-state index in [2.05, 4.69) is 17.2 Å². The molecule has 0 radical (unpaired) electrons. The zero-order chi connectivity index (χ0) is 35.3. The molecule has 2 aliphatic rings. The molecule has 0 aromatic carbocycles. The summed E-state index contributed by atoms with van der Waals surface area (Å²) in [6.45, 7) is 11.0. The van der Waals surface area contributed by atoms with E-state index in [4.69, 9.17) is 30.4 Å². The summed E-state index contributed by atoms with van der Waals surface area (Å²) >= 11 is 0. The molecule has 1 heterocycles. The molecule has 266 valence electrons. The summed E-state index contributed by atoms with van der Waals surface area (Å²) in [6.07, 6.45) is 5.17. The van der Waals surface area contributed by atoms with Crippen LogP contribution in [-0.2, 0) is 38.1 Å². The molecule has 6 N–H and O–H groups in total. The van der Waals surface area contributed by atoms with Gasteiger partial charge in [-0.3, -0.25) is 19.2 Å². The van der Waals surface area contributed by atoms with Crippen LogP contribution in [0, 0.1) is 11.8 Å². The molecule has 0 saturated heterocycles. The number of halogens is 1. The number of rotatable bonds is 9. The van der Waals surface area contributed by atoms with Crippen LogP contribution >= 0.6 is 12.4 Å². The Morgan fingerprint density at radius 2 is 1.81 bits per heavy atom. The lowest BCUT2D eigenvalue weighted by Crippen LogP contribution is -2.40. The minimum absolute atomic E-state index is 0. The molecule has 13 nitrogen and oxygen atoms in total. The number of carbonyl (C=O) groups excluding carboxylic acids is 5. The number of amides is 2. The summed E-state index contributed by atoms with van der Waals surface area (Å²) in [5.74, 6) is -2.84. The summed E-state index contributed by atoms with van der Waals surface area (Å²) < 4.78 is 22.8. The second-order valence-corrected chi connectivity index (χ2v) is 11.6. The minimum Gasteiger partial charge on any atom is -0.459 e. The average molecular weight is 693 g/mol. The third-order valence-corrected chi connectivity index (χ3v) is 7.80. The molecule has 2 rings (SSSR count). The van der Waals surface area contributed by atoms with Crippen LogP contribution in [0.4, 0.5) is 4.79 Å². The van der Waals surface area contributed by atoms with Crippen molar-refractivity contribution in [1.82, 2.24) is 10.6 Å². The van der Waals surface area contributed by atoms with Gasteiger partial charge in [0.05, 0.1) is 23.9 Å². The molecule has 6 atom stereocenters. The maximum Gasteiger partial charge on any atom is 0.405 e. The lowest BCUT2D eigenvalue weighted by Gasteiger charge is -2.32. The third-order valence-electron chi connectivity index (χ3n) is 7.80. The van der Waals surface area contributed by atoms with E-state index in [1.165, 1.54) is 33.3 Å². The molecule has 48 heavy (non-hydrogen) atoms. The van der Waals surface area contributed by atoms with Crippen molar-refractivity contribution in [3.8, 4) is 0 Å². The van der Waals surface area contributed by atoms with Gasteiger partial charge in [0.15, 0.2) is 6.10 Å². The van der Waals surface area contributed by atoms with Crippen LogP contribution in [0.15, 0.2) is 71.1 Å². The van der Waals surface area contributed by atoms with Crippen molar-refractivity contribution in [2.75, 3.05) is 27.3 Å². The SMILES string of the molecule is C=CCNC1=C2C[C@@H](C)C[C@H](OC)[C@H](OC(=O)CCN)[C@@H](C)/C=C(\C)[C@H](OC(N)=O)[C@@H](OC)/C=C\C=C(/C)C(=O)NC(=CC1=O)C2=O.Cl. The van der Waals surface area contributed by atoms with Crippen molar-refractivity contribution in [3.63, 3.8) is 0 Å². The van der Waals surface area contributed by atoms with E-state index in [1.807, 2.05) is 13.8 Å². The van der Waals surface area contributed by atoms with E-state index in [9.17, 15) is 24.0 Å². The van der Waals surface area contributed by atoms with E-state index in [0.717, 1.165) is 6.08 Å². The standard InChI is InChI=1S/C34H48N4O9.ClH/c1-8-14-37-29-23-15-19(2)16-27(45-7)32(46-28(40)12-13-35)22(5)17-21(4)31(47-34(36)43)26(44-6)11-9-10-20(3)33(42)38-24(30(23)41)18-25(29)39;/h8-11,17-19,22,26-27,31-32,37H,1,12-16,35H2,2-7H3,(H2,36,43)(H,38,42);1H/b11-9-,20-10+,21-17+;/t19-,22+,26+,27+,31+,32-;/m1./s1. The van der Waals surface area contributed by atoms with Gasteiger partial charge in [0.25, 0.3) is 5.91 Å². The largest absolute Gasteiger partial charge is 0.459 e. The molecule has 2 amide bonds. The smallest absolute Gasteiger partial charge is 0.405 e. The molecule has 2 bridgehead atoms. The van der Waals surface area contributed by atoms with Crippen molar-refractivity contribution in [2.45, 2.75) is 71.4 Å². The first-order valence-corrected chi connectivity index (χ1v) is 15.4. The number of primary amides is 1. The minimum atomic E-state index is -1.03. The van der Waals surface area contributed by atoms with Crippen molar-refractivity contribution in [1.29, 1.82) is 0 Å². The molecule has 0 unspecified atom stereocenters. The highest BCUT2D eigenvalue weighted by atomic mass is 35.5. The predicted octanol–water partition coefficient (Wildman–Crippen LogP) is 2.86. The lowest BCUT2D eigenvalue weighted by molar-refractivity contribution is -0.160. The van der Waals surface area contributed by atoms with Gasteiger partial charge in [-0.25, -0.2) is 4.79 Å². The number of esters is 1. The maximum absolute atomic E-state index is 13.7. The van der Waals surface area contributed by atoms with Crippen LogP contribution in [0.5, 0.6) is 0 Å². The lowest BCUT2D eigenvalue weighted by atomic mass is 9.85. The Kier molecular flexibility index (Phi) is 17.8. The number of nitrogens with two attached hydrogens (primary N) is 2. The molecular weight excluding hydrogens is 644 g/mol. The van der Waals surface area contributed by atoms with E-state index in [-0.39, 0.29) is 66.8 Å². The van der Waals surface area contributed by atoms with Gasteiger partial charge in [-0.15, -0.1) is 19.0 Å². The summed E-state index contributed by atoms with van der Waals surface area (Å²) in [4.78, 5) is 64.6. The summed E-state index contributed by atoms with van der Waals surface area (Å²) in [5, 5.41) is 5.54. The van der Waals surface area contributed by atoms with Crippen LogP contribution in [0.3, 0.4) is 0 Å². The zero-order valence-corrected chi connectivity index (χ0v) is 29.2. The molecular formula is C34H49ClN4O9. The molecule has 1 aliphatic heterocycles. The monoisotopic (exact) mass is 692 g/mol. The van der Waals surface area contributed by atoms with Gasteiger partial charge in [-0.05, 0) is 38.2 Å². The summed E-state index contributed by atoms with van der Waals surface area (Å²) in [7, 11) is 2.91. The molecule has 0 fully saturated rings. The van der Waals surface area contributed by atoms with Crippen LogP contribution < -0.4 is 22.1 Å². The first kappa shape index (κ1) is 42.0. The normalized spacial score (nSPS) is 28.7. The molecule has 0 saturated carbocycles. The van der Waals surface area contributed by atoms with Gasteiger partial charge < -0.3 is 41.0 Å². The number of fused-ring (bicyclic) bond motifs is 2. The fourth-order valence-electron chi connectivity index (χ4n) is 5.45. The number of hydrogen-bond donors (Lipinski definition) is 4. The quantitative estimate of drug-likeness (QED) is 0.157. The molecule has 0 aromatic rings. The molecule has 14 heteroatoms. The predicted molar refractivity (Wildman–Crippen MR) is 183 cm³/mol. The van der Waals surface area contributed by atoms with Crippen molar-refractivity contribution >= 4 is 41.9 Å². The van der Waals surface area contributed by atoms with E-state index in [1.54, 1.807) is 25.2 Å². The second kappa shape index (κ2) is 20.4. The van der Waals surface area contributed by atoms with Gasteiger partial charge >= 0.3 is 12.1 Å². The highest BCUT2D eigenvalue weighted by molar-refractivity contribution is 6.23. The van der Waals surface area contributed by atoms with Gasteiger partial charge in [-0.2, -0.15) is 0 Å². The van der Waals surface area contributed by atoms with E-state index in [0.29, 0.717) is 12.0 Å². The molecule has 0 aromatic heterocycles. The first-order valence-electron chi connectivity index (χ1n) is 15.4. The number of ether oxygens (including phenoxy) is 4. The fourth-order valence-corrected chi connectivity index (χ4v) is 5.45. The third kappa shape index (κ3) is 11.9. The Morgan fingerprint density at radius 3 is 2.40 bits per heavy atom. The summed E-state index contributed by atoms with van der Waals surface area (Å²) in [5.41, 5.74) is 12.0. The van der Waals surface area contributed by atoms with Gasteiger partial charge in [0.1, 0.15) is 12.2 Å². The van der Waals surface area contributed by atoms with Crippen LogP contribution in [0.2, 0.25) is 0 Å². The van der Waals surface area contributed by atoms with Crippen molar-refractivity contribution in [2.24, 2.45) is 23.3 Å². The highest BCUT2D eigenvalue weighted by Gasteiger charge is 2.35. The Hall–Kier alpha value is -4.04. The number of carbonyl (C=O) groups is 5. The Labute approximate surface area is 288 Å². The second-order valence-electron chi connectivity index (χ2n) is 11.6. The molecule has 1 aliphatic carbocycles. The van der Waals surface area contributed by atoms with Gasteiger partial charge in [0.2, 0.25) is 11.6 Å². The van der Waals surface area contributed by atoms with Crippen LogP contribution in [0.1, 0.15) is 47.0 Å². The van der Waals surface area contributed by atoms with E-state index < -0.39 is 59.9 Å². The van der Waals surface area contributed by atoms with E-state index >= 15 is 0 Å². The summed E-state index contributed by atoms with van der Waals surface area (Å²) in [6, 6.07) is 0. The average Bonchev–Trinajstić information content (AvgIpc) is 3.01. The number of hydrogen-bond acceptors (Lipinski definition) is 11. The van der Waals surface area contributed by atoms with Crippen LogP contribution in [-0.4, -0.2) is 81.3 Å².